The second-order valence-corrected chi connectivity index (χ2v) is 9.63. The van der Waals surface area contributed by atoms with Gasteiger partial charge in [-0.25, -0.2) is 12.8 Å². The first-order valence-electron chi connectivity index (χ1n) is 9.01. The maximum Gasteiger partial charge on any atom is 0.252 e. The lowest BCUT2D eigenvalue weighted by Gasteiger charge is -2.05. The lowest BCUT2D eigenvalue weighted by molar-refractivity contribution is -0.117. The van der Waals surface area contributed by atoms with Crippen molar-refractivity contribution in [2.75, 3.05) is 19.5 Å². The molecule has 0 unspecified atom stereocenters. The maximum absolute atomic E-state index is 14.3. The minimum absolute atomic E-state index is 0.0184. The number of rotatable bonds is 7. The van der Waals surface area contributed by atoms with Crippen LogP contribution in [0.2, 0.25) is 0 Å². The van der Waals surface area contributed by atoms with E-state index in [9.17, 15) is 17.6 Å². The molecule has 1 aromatic heterocycles. The number of thiazole rings is 1. The van der Waals surface area contributed by atoms with E-state index in [1.807, 2.05) is 0 Å². The molecule has 6 nitrogen and oxygen atoms in total. The number of methoxy groups -OCH3 is 1. The molecular formula is C20H21FN2O4S2. The number of carbonyl (C=O) groups is 1. The Morgan fingerprint density at radius 1 is 1.21 bits per heavy atom. The van der Waals surface area contributed by atoms with Gasteiger partial charge in [-0.05, 0) is 29.8 Å². The number of halogens is 1. The molecule has 0 radical (unpaired) electrons. The Morgan fingerprint density at radius 2 is 1.93 bits per heavy atom. The van der Waals surface area contributed by atoms with Crippen molar-refractivity contribution in [3.8, 4) is 0 Å². The van der Waals surface area contributed by atoms with Crippen LogP contribution in [-0.4, -0.2) is 38.4 Å². The number of aromatic nitrogens is 1. The molecule has 9 heteroatoms. The lowest BCUT2D eigenvalue weighted by atomic mass is 10.1. The summed E-state index contributed by atoms with van der Waals surface area (Å²) >= 11 is 1.24. The van der Waals surface area contributed by atoms with Crippen LogP contribution in [-0.2, 0) is 32.3 Å². The van der Waals surface area contributed by atoms with Crippen molar-refractivity contribution in [2.24, 2.45) is 4.99 Å². The molecule has 0 bridgehead atoms. The van der Waals surface area contributed by atoms with Gasteiger partial charge in [0.05, 0.1) is 33.9 Å². The summed E-state index contributed by atoms with van der Waals surface area (Å²) in [7, 11) is -1.73. The van der Waals surface area contributed by atoms with Crippen molar-refractivity contribution >= 4 is 37.3 Å². The number of hydrogen-bond donors (Lipinski definition) is 0. The lowest BCUT2D eigenvalue weighted by Crippen LogP contribution is -2.20. The maximum atomic E-state index is 14.3. The number of hydrogen-bond acceptors (Lipinski definition) is 5. The molecule has 0 saturated heterocycles. The van der Waals surface area contributed by atoms with Crippen LogP contribution in [0.25, 0.3) is 10.2 Å². The second-order valence-electron chi connectivity index (χ2n) is 6.35. The van der Waals surface area contributed by atoms with Gasteiger partial charge in [0.15, 0.2) is 14.6 Å². The van der Waals surface area contributed by atoms with Crippen LogP contribution in [0.3, 0.4) is 0 Å². The standard InChI is InChI=1S/C20H21FN2O4S2/c1-3-29(25,26)15-9-7-14(8-10-15)13-18(24)22-20-23(11-12-27-2)19-16(21)5-4-6-17(19)28-20/h4-10H,3,11-13H2,1-2H3. The van der Waals surface area contributed by atoms with Crippen molar-refractivity contribution in [3.05, 3.63) is 58.6 Å². The topological polar surface area (TPSA) is 77.7 Å². The highest BCUT2D eigenvalue weighted by Crippen LogP contribution is 2.20. The Balaban J connectivity index is 1.91. The fourth-order valence-corrected chi connectivity index (χ4v) is 4.84. The molecule has 0 atom stereocenters. The van der Waals surface area contributed by atoms with Gasteiger partial charge in [0.1, 0.15) is 5.82 Å². The Bertz CT molecular complexity index is 1200. The average molecular weight is 437 g/mol. The van der Waals surface area contributed by atoms with Crippen molar-refractivity contribution in [3.63, 3.8) is 0 Å². The second kappa shape index (κ2) is 8.98. The zero-order chi connectivity index (χ0) is 21.0. The van der Waals surface area contributed by atoms with Gasteiger partial charge in [-0.2, -0.15) is 4.99 Å². The van der Waals surface area contributed by atoms with Gasteiger partial charge >= 0.3 is 0 Å². The summed E-state index contributed by atoms with van der Waals surface area (Å²) in [5, 5.41) is 0. The minimum atomic E-state index is -3.28. The first-order valence-corrected chi connectivity index (χ1v) is 11.5. The number of fused-ring (bicyclic) bond motifs is 1. The van der Waals surface area contributed by atoms with Gasteiger partial charge in [-0.1, -0.05) is 36.5 Å². The van der Waals surface area contributed by atoms with E-state index in [2.05, 4.69) is 4.99 Å². The van der Waals surface area contributed by atoms with Gasteiger partial charge in [0.25, 0.3) is 5.91 Å². The number of benzene rings is 2. The van der Waals surface area contributed by atoms with Crippen molar-refractivity contribution in [1.82, 2.24) is 4.57 Å². The van der Waals surface area contributed by atoms with E-state index >= 15 is 0 Å². The van der Waals surface area contributed by atoms with Crippen molar-refractivity contribution < 1.29 is 22.3 Å². The third-order valence-electron chi connectivity index (χ3n) is 4.41. The molecule has 154 valence electrons. The highest BCUT2D eigenvalue weighted by molar-refractivity contribution is 7.91. The fourth-order valence-electron chi connectivity index (χ4n) is 2.86. The molecule has 0 aliphatic carbocycles. The van der Waals surface area contributed by atoms with Crippen molar-refractivity contribution in [1.29, 1.82) is 0 Å². The average Bonchev–Trinajstić information content (AvgIpc) is 3.04. The van der Waals surface area contributed by atoms with Crippen molar-refractivity contribution in [2.45, 2.75) is 24.8 Å². The van der Waals surface area contributed by atoms with Gasteiger partial charge in [0.2, 0.25) is 0 Å². The van der Waals surface area contributed by atoms with Gasteiger partial charge in [-0.15, -0.1) is 0 Å². The number of sulfone groups is 1. The Morgan fingerprint density at radius 3 is 2.59 bits per heavy atom. The van der Waals surface area contributed by atoms with Crippen LogP contribution in [0.4, 0.5) is 4.39 Å². The fraction of sp³-hybridized carbons (Fsp3) is 0.300. The van der Waals surface area contributed by atoms with E-state index in [0.29, 0.717) is 33.7 Å². The molecule has 0 spiro atoms. The highest BCUT2D eigenvalue weighted by Gasteiger charge is 2.13. The summed E-state index contributed by atoms with van der Waals surface area (Å²) in [6.45, 7) is 2.31. The molecule has 1 amide bonds. The predicted molar refractivity (Wildman–Crippen MR) is 110 cm³/mol. The Kier molecular flexibility index (Phi) is 6.61. The molecule has 1 heterocycles. The minimum Gasteiger partial charge on any atom is -0.383 e. The molecule has 0 aliphatic heterocycles. The molecule has 29 heavy (non-hydrogen) atoms. The van der Waals surface area contributed by atoms with Crippen LogP contribution in [0, 0.1) is 5.82 Å². The van der Waals surface area contributed by atoms with Crippen LogP contribution >= 0.6 is 11.3 Å². The largest absolute Gasteiger partial charge is 0.383 e. The smallest absolute Gasteiger partial charge is 0.252 e. The van der Waals surface area contributed by atoms with Gasteiger partial charge in [-0.3, -0.25) is 4.79 Å². The zero-order valence-corrected chi connectivity index (χ0v) is 17.7. The van der Waals surface area contributed by atoms with Crippen LogP contribution in [0.15, 0.2) is 52.4 Å². The number of nitrogens with zero attached hydrogens (tertiary/aromatic N) is 2. The van der Waals surface area contributed by atoms with E-state index in [-0.39, 0.29) is 22.9 Å². The highest BCUT2D eigenvalue weighted by atomic mass is 32.2. The van der Waals surface area contributed by atoms with E-state index in [1.165, 1.54) is 29.5 Å². The number of ether oxygens (including phenoxy) is 1. The Hall–Kier alpha value is -2.36. The third kappa shape index (κ3) is 4.80. The van der Waals surface area contributed by atoms with Crippen LogP contribution < -0.4 is 4.80 Å². The SMILES string of the molecule is CCS(=O)(=O)c1ccc(CC(=O)N=c2sc3cccc(F)c3n2CCOC)cc1. The summed E-state index contributed by atoms with van der Waals surface area (Å²) in [6, 6.07) is 11.0. The summed E-state index contributed by atoms with van der Waals surface area (Å²) in [4.78, 5) is 17.3. The number of para-hydroxylation sites is 1. The van der Waals surface area contributed by atoms with Crippen LogP contribution in [0.1, 0.15) is 12.5 Å². The zero-order valence-electron chi connectivity index (χ0n) is 16.1. The van der Waals surface area contributed by atoms with E-state index in [1.54, 1.807) is 42.9 Å². The van der Waals surface area contributed by atoms with E-state index in [0.717, 1.165) is 0 Å². The molecule has 0 fully saturated rings. The Labute approximate surface area is 172 Å². The molecule has 3 aromatic rings. The summed E-state index contributed by atoms with van der Waals surface area (Å²) in [5.74, 6) is -0.754. The predicted octanol–water partition coefficient (Wildman–Crippen LogP) is 2.95. The molecule has 0 N–H and O–H groups in total. The monoisotopic (exact) mass is 436 g/mol. The van der Waals surface area contributed by atoms with E-state index in [4.69, 9.17) is 4.74 Å². The summed E-state index contributed by atoms with van der Waals surface area (Å²) in [6.07, 6.45) is 0.0213. The quantitative estimate of drug-likeness (QED) is 0.571. The normalized spacial score (nSPS) is 12.6. The summed E-state index contributed by atoms with van der Waals surface area (Å²) in [5.41, 5.74) is 1.06. The molecule has 0 aliphatic rings. The van der Waals surface area contributed by atoms with Gasteiger partial charge < -0.3 is 9.30 Å². The molecule has 3 rings (SSSR count). The number of amides is 1. The molecular weight excluding hydrogens is 415 g/mol. The molecule has 2 aromatic carbocycles. The molecule has 0 saturated carbocycles. The first kappa shape index (κ1) is 21.4. The van der Waals surface area contributed by atoms with Gasteiger partial charge in [0, 0.05) is 13.7 Å². The summed E-state index contributed by atoms with van der Waals surface area (Å²) < 4.78 is 45.5. The third-order valence-corrected chi connectivity index (χ3v) is 7.20. The number of carbonyl (C=O) groups excluding carboxylic acids is 1. The van der Waals surface area contributed by atoms with E-state index < -0.39 is 15.7 Å². The first-order chi connectivity index (χ1) is 13.9. The van der Waals surface area contributed by atoms with Crippen LogP contribution in [0.5, 0.6) is 0 Å².